The maximum Gasteiger partial charge on any atom is 0.249 e. The maximum absolute atomic E-state index is 14.3. The van der Waals surface area contributed by atoms with Gasteiger partial charge in [0.05, 0.1) is 5.69 Å². The normalized spacial score (nSPS) is 22.4. The Labute approximate surface area is 131 Å². The van der Waals surface area contributed by atoms with E-state index in [9.17, 15) is 14.0 Å². The van der Waals surface area contributed by atoms with Gasteiger partial charge in [0, 0.05) is 41.1 Å². The molecule has 6 nitrogen and oxygen atoms in total. The van der Waals surface area contributed by atoms with Gasteiger partial charge in [0.1, 0.15) is 11.9 Å². The van der Waals surface area contributed by atoms with E-state index in [-0.39, 0.29) is 20.5 Å². The molecule has 2 aliphatic rings. The Morgan fingerprint density at radius 3 is 2.73 bits per heavy atom. The minimum atomic E-state index is -0.498. The fourth-order valence-corrected chi connectivity index (χ4v) is 2.79. The highest BCUT2D eigenvalue weighted by Crippen LogP contribution is 2.24. The van der Waals surface area contributed by atoms with E-state index in [1.807, 2.05) is 4.90 Å². The fourth-order valence-electron chi connectivity index (χ4n) is 2.79. The van der Waals surface area contributed by atoms with Crippen molar-refractivity contribution >= 4 is 23.2 Å². The lowest BCUT2D eigenvalue weighted by atomic mass is 10.1. The number of piperidine rings is 1. The molecule has 1 aromatic rings. The number of rotatable bonds is 3. The molecule has 1 aromatic carbocycles. The van der Waals surface area contributed by atoms with Gasteiger partial charge in [-0.05, 0) is 24.6 Å². The van der Waals surface area contributed by atoms with Crippen LogP contribution in [0.5, 0.6) is 0 Å². The molecule has 1 atom stereocenters. The van der Waals surface area contributed by atoms with Gasteiger partial charge in [0.2, 0.25) is 11.8 Å². The highest BCUT2D eigenvalue weighted by atomic mass is 19.1. The molecule has 3 N–H and O–H groups in total. The molecule has 2 heterocycles. The van der Waals surface area contributed by atoms with Crippen molar-refractivity contribution in [1.29, 1.82) is 0 Å². The number of carbonyl (C=O) groups is 2. The van der Waals surface area contributed by atoms with Gasteiger partial charge in [-0.15, -0.1) is 0 Å². The van der Waals surface area contributed by atoms with Crippen molar-refractivity contribution in [3.8, 4) is 0 Å². The number of hydrogen-bond donors (Lipinski definition) is 3. The van der Waals surface area contributed by atoms with Crippen molar-refractivity contribution in [3.63, 3.8) is 0 Å². The standard InChI is InChI=1S/C15H19FN4O2.2H2/c16-11-9-10(18-12-2-4-14(21)19-15(12)22)1-3-13(11)20-7-5-17-6-8-20;;/h1,3,9,12,17-18H,2,4-8H2,(H,19,21,22);2*1H. The molecule has 0 radical (unpaired) electrons. The van der Waals surface area contributed by atoms with Crippen molar-refractivity contribution in [2.75, 3.05) is 36.4 Å². The molecule has 2 amide bonds. The average molecular weight is 310 g/mol. The van der Waals surface area contributed by atoms with Crippen LogP contribution in [-0.4, -0.2) is 44.0 Å². The summed E-state index contributed by atoms with van der Waals surface area (Å²) in [7, 11) is 0. The van der Waals surface area contributed by atoms with Crippen LogP contribution in [0.1, 0.15) is 15.7 Å². The third kappa shape index (κ3) is 3.19. The van der Waals surface area contributed by atoms with Crippen LogP contribution in [0.15, 0.2) is 18.2 Å². The predicted octanol–water partition coefficient (Wildman–Crippen LogP) is 0.944. The summed E-state index contributed by atoms with van der Waals surface area (Å²) >= 11 is 0. The van der Waals surface area contributed by atoms with E-state index < -0.39 is 6.04 Å². The number of hydrogen-bond acceptors (Lipinski definition) is 5. The van der Waals surface area contributed by atoms with Gasteiger partial charge in [0.15, 0.2) is 0 Å². The summed E-state index contributed by atoms with van der Waals surface area (Å²) in [5, 5.41) is 8.49. The molecule has 0 aromatic heterocycles. The van der Waals surface area contributed by atoms with Crippen LogP contribution in [0.4, 0.5) is 15.8 Å². The Hall–Kier alpha value is -2.15. The van der Waals surface area contributed by atoms with Crippen molar-refractivity contribution in [2.24, 2.45) is 0 Å². The van der Waals surface area contributed by atoms with E-state index in [0.717, 1.165) is 26.2 Å². The van der Waals surface area contributed by atoms with Crippen molar-refractivity contribution in [3.05, 3.63) is 24.0 Å². The molecule has 7 heteroatoms. The van der Waals surface area contributed by atoms with Gasteiger partial charge in [-0.3, -0.25) is 14.9 Å². The van der Waals surface area contributed by atoms with E-state index in [1.54, 1.807) is 12.1 Å². The summed E-state index contributed by atoms with van der Waals surface area (Å²) in [5.41, 5.74) is 1.13. The molecule has 3 rings (SSSR count). The molecule has 1 unspecified atom stereocenters. The number of imide groups is 1. The Kier molecular flexibility index (Phi) is 4.24. The molecular weight excluding hydrogens is 287 g/mol. The van der Waals surface area contributed by atoms with Crippen molar-refractivity contribution < 1.29 is 16.8 Å². The van der Waals surface area contributed by atoms with Gasteiger partial charge >= 0.3 is 0 Å². The zero-order chi connectivity index (χ0) is 15.5. The SMILES string of the molecule is O=C1CCC(Nc2ccc(N3CCNCC3)c(F)c2)C(=O)N1.[HH].[HH]. The zero-order valence-electron chi connectivity index (χ0n) is 12.2. The van der Waals surface area contributed by atoms with Crippen LogP contribution >= 0.6 is 0 Å². The minimum absolute atomic E-state index is 0. The van der Waals surface area contributed by atoms with Gasteiger partial charge in [-0.25, -0.2) is 4.39 Å². The number of benzene rings is 1. The Bertz CT molecular complexity index is 597. The van der Waals surface area contributed by atoms with Crippen LogP contribution in [0, 0.1) is 5.82 Å². The molecule has 0 aliphatic carbocycles. The van der Waals surface area contributed by atoms with E-state index in [2.05, 4.69) is 16.0 Å². The van der Waals surface area contributed by atoms with Crippen molar-refractivity contribution in [2.45, 2.75) is 18.9 Å². The number of carbonyl (C=O) groups excluding carboxylic acids is 2. The van der Waals surface area contributed by atoms with Crippen molar-refractivity contribution in [1.82, 2.24) is 10.6 Å². The second kappa shape index (κ2) is 6.31. The smallest absolute Gasteiger partial charge is 0.249 e. The lowest BCUT2D eigenvalue weighted by molar-refractivity contribution is -0.133. The summed E-state index contributed by atoms with van der Waals surface area (Å²) in [4.78, 5) is 24.8. The molecule has 0 saturated carbocycles. The second-order valence-corrected chi connectivity index (χ2v) is 5.55. The molecule has 122 valence electrons. The van der Waals surface area contributed by atoms with Crippen LogP contribution < -0.4 is 20.9 Å². The quantitative estimate of drug-likeness (QED) is 0.725. The Morgan fingerprint density at radius 2 is 2.05 bits per heavy atom. The highest BCUT2D eigenvalue weighted by molar-refractivity contribution is 6.01. The fraction of sp³-hybridized carbons (Fsp3) is 0.467. The van der Waals surface area contributed by atoms with Gasteiger partial charge < -0.3 is 15.5 Å². The summed E-state index contributed by atoms with van der Waals surface area (Å²) < 4.78 is 14.3. The second-order valence-electron chi connectivity index (χ2n) is 5.55. The summed E-state index contributed by atoms with van der Waals surface area (Å²) in [6.45, 7) is 3.24. The largest absolute Gasteiger partial charge is 0.374 e. The molecule has 0 bridgehead atoms. The first-order chi connectivity index (χ1) is 10.6. The highest BCUT2D eigenvalue weighted by Gasteiger charge is 2.26. The molecule has 0 spiro atoms. The molecule has 2 saturated heterocycles. The Balaban J connectivity index is 0.00000144. The van der Waals surface area contributed by atoms with Crippen LogP contribution in [-0.2, 0) is 9.59 Å². The Morgan fingerprint density at radius 1 is 1.27 bits per heavy atom. The van der Waals surface area contributed by atoms with E-state index in [1.165, 1.54) is 6.07 Å². The molecule has 2 aliphatic heterocycles. The predicted molar refractivity (Wildman–Crippen MR) is 85.5 cm³/mol. The van der Waals surface area contributed by atoms with Gasteiger partial charge in [0.25, 0.3) is 0 Å². The van der Waals surface area contributed by atoms with Gasteiger partial charge in [-0.1, -0.05) is 0 Å². The van der Waals surface area contributed by atoms with Crippen LogP contribution in [0.25, 0.3) is 0 Å². The monoisotopic (exact) mass is 310 g/mol. The molecular formula is C15H23FN4O2. The maximum atomic E-state index is 14.3. The third-order valence-corrected chi connectivity index (χ3v) is 3.99. The lowest BCUT2D eigenvalue weighted by Crippen LogP contribution is -2.47. The first-order valence-corrected chi connectivity index (χ1v) is 7.49. The number of amides is 2. The van der Waals surface area contributed by atoms with Crippen LogP contribution in [0.3, 0.4) is 0 Å². The lowest BCUT2D eigenvalue weighted by Gasteiger charge is -2.30. The van der Waals surface area contributed by atoms with Gasteiger partial charge in [-0.2, -0.15) is 0 Å². The summed E-state index contributed by atoms with van der Waals surface area (Å²) in [5.74, 6) is -0.926. The summed E-state index contributed by atoms with van der Waals surface area (Å²) in [6, 6.07) is 4.40. The number of anilines is 2. The topological polar surface area (TPSA) is 73.5 Å². The molecule has 22 heavy (non-hydrogen) atoms. The minimum Gasteiger partial charge on any atom is -0.374 e. The third-order valence-electron chi connectivity index (χ3n) is 3.99. The molecule has 2 fully saturated rings. The first kappa shape index (κ1) is 14.8. The summed E-state index contributed by atoms with van der Waals surface area (Å²) in [6.07, 6.45) is 0.719. The van der Waals surface area contributed by atoms with Crippen LogP contribution in [0.2, 0.25) is 0 Å². The average Bonchev–Trinajstić information content (AvgIpc) is 2.51. The number of halogens is 1. The number of nitrogens with one attached hydrogen (secondary N) is 3. The number of nitrogens with zero attached hydrogens (tertiary/aromatic N) is 1. The first-order valence-electron chi connectivity index (χ1n) is 7.49. The van der Waals surface area contributed by atoms with E-state index in [0.29, 0.717) is 24.2 Å². The zero-order valence-corrected chi connectivity index (χ0v) is 12.2. The van der Waals surface area contributed by atoms with E-state index in [4.69, 9.17) is 0 Å². The number of piperazine rings is 1. The van der Waals surface area contributed by atoms with E-state index >= 15 is 0 Å².